The zero-order valence-corrected chi connectivity index (χ0v) is 9.95. The third-order valence-electron chi connectivity index (χ3n) is 3.03. The first-order valence-corrected chi connectivity index (χ1v) is 5.96. The molecule has 0 aliphatic carbocycles. The summed E-state index contributed by atoms with van der Waals surface area (Å²) in [6.45, 7) is 0.179. The van der Waals surface area contributed by atoms with Crippen LogP contribution in [0.4, 0.5) is 0 Å². The second kappa shape index (κ2) is 5.95. The maximum atomic E-state index is 11.2. The molecule has 3 atom stereocenters. The van der Waals surface area contributed by atoms with Gasteiger partial charge >= 0.3 is 5.97 Å². The maximum Gasteiger partial charge on any atom is 0.307 e. The average molecular weight is 251 g/mol. The van der Waals surface area contributed by atoms with Crippen LogP contribution in [0.25, 0.3) is 0 Å². The van der Waals surface area contributed by atoms with Crippen molar-refractivity contribution in [2.24, 2.45) is 0 Å². The Kier molecular flexibility index (Phi) is 4.30. The molecule has 1 aromatic carbocycles. The van der Waals surface area contributed by atoms with Gasteiger partial charge in [-0.15, -0.1) is 0 Å². The number of esters is 1. The molecular formula is C13H17NO4. The summed E-state index contributed by atoms with van der Waals surface area (Å²) in [6.07, 6.45) is -1.50. The van der Waals surface area contributed by atoms with Crippen LogP contribution in [-0.4, -0.2) is 41.0 Å². The second-order valence-electron chi connectivity index (χ2n) is 4.38. The first kappa shape index (κ1) is 13.0. The van der Waals surface area contributed by atoms with Gasteiger partial charge in [0.25, 0.3) is 0 Å². The van der Waals surface area contributed by atoms with Crippen LogP contribution < -0.4 is 5.32 Å². The minimum absolute atomic E-state index is 0.217. The Labute approximate surface area is 105 Å². The molecule has 0 saturated carbocycles. The number of carbonyl (C=O) groups is 1. The van der Waals surface area contributed by atoms with Crippen molar-refractivity contribution >= 4 is 5.97 Å². The van der Waals surface area contributed by atoms with E-state index in [1.807, 2.05) is 30.3 Å². The van der Waals surface area contributed by atoms with Crippen LogP contribution in [0.15, 0.2) is 30.3 Å². The van der Waals surface area contributed by atoms with E-state index < -0.39 is 18.8 Å². The Bertz CT molecular complexity index is 395. The van der Waals surface area contributed by atoms with Crippen LogP contribution in [0.2, 0.25) is 0 Å². The highest BCUT2D eigenvalue weighted by atomic mass is 16.6. The summed E-state index contributed by atoms with van der Waals surface area (Å²) in [5, 5.41) is 21.7. The molecule has 5 heteroatoms. The molecular weight excluding hydrogens is 234 g/mol. The van der Waals surface area contributed by atoms with Gasteiger partial charge in [0.15, 0.2) is 0 Å². The quantitative estimate of drug-likeness (QED) is 0.632. The van der Waals surface area contributed by atoms with Crippen LogP contribution >= 0.6 is 0 Å². The number of rotatable bonds is 5. The van der Waals surface area contributed by atoms with Crippen molar-refractivity contribution in [2.75, 3.05) is 6.61 Å². The van der Waals surface area contributed by atoms with Crippen molar-refractivity contribution in [1.82, 2.24) is 5.32 Å². The van der Waals surface area contributed by atoms with Crippen LogP contribution in [0.3, 0.4) is 0 Å². The highest BCUT2D eigenvalue weighted by Gasteiger charge is 2.38. The van der Waals surface area contributed by atoms with E-state index in [1.165, 1.54) is 0 Å². The molecule has 1 saturated heterocycles. The van der Waals surface area contributed by atoms with Gasteiger partial charge in [0, 0.05) is 6.54 Å². The van der Waals surface area contributed by atoms with Crippen LogP contribution in [0.1, 0.15) is 12.0 Å². The zero-order valence-electron chi connectivity index (χ0n) is 9.95. The number of hydrogen-bond donors (Lipinski definition) is 3. The number of cyclic esters (lactones) is 1. The lowest BCUT2D eigenvalue weighted by Crippen LogP contribution is -2.44. The lowest BCUT2D eigenvalue weighted by molar-refractivity contribution is -0.146. The number of carbonyl (C=O) groups excluding carboxylic acids is 1. The smallest absolute Gasteiger partial charge is 0.307 e. The van der Waals surface area contributed by atoms with E-state index in [1.54, 1.807) is 0 Å². The minimum atomic E-state index is -1.04. The average Bonchev–Trinajstić information content (AvgIpc) is 2.78. The Hall–Kier alpha value is -1.43. The van der Waals surface area contributed by atoms with Gasteiger partial charge in [-0.1, -0.05) is 30.3 Å². The van der Waals surface area contributed by atoms with E-state index >= 15 is 0 Å². The summed E-state index contributed by atoms with van der Waals surface area (Å²) < 4.78 is 5.00. The second-order valence-corrected chi connectivity index (χ2v) is 4.38. The molecule has 0 bridgehead atoms. The zero-order chi connectivity index (χ0) is 13.0. The van der Waals surface area contributed by atoms with Crippen LogP contribution in [-0.2, 0) is 16.1 Å². The Morgan fingerprint density at radius 3 is 2.78 bits per heavy atom. The Balaban J connectivity index is 1.93. The van der Waals surface area contributed by atoms with E-state index in [-0.39, 0.29) is 18.4 Å². The number of aliphatic hydroxyl groups is 2. The van der Waals surface area contributed by atoms with Crippen molar-refractivity contribution in [3.63, 3.8) is 0 Å². The first-order chi connectivity index (χ1) is 8.70. The van der Waals surface area contributed by atoms with Gasteiger partial charge in [-0.25, -0.2) is 0 Å². The van der Waals surface area contributed by atoms with Gasteiger partial charge < -0.3 is 20.3 Å². The van der Waals surface area contributed by atoms with E-state index in [2.05, 4.69) is 5.32 Å². The predicted octanol–water partition coefficient (Wildman–Crippen LogP) is -0.186. The third-order valence-corrected chi connectivity index (χ3v) is 3.03. The minimum Gasteiger partial charge on any atom is -0.458 e. The van der Waals surface area contributed by atoms with Crippen LogP contribution in [0.5, 0.6) is 0 Å². The fourth-order valence-electron chi connectivity index (χ4n) is 2.06. The lowest BCUT2D eigenvalue weighted by Gasteiger charge is -2.22. The van der Waals surface area contributed by atoms with E-state index in [0.29, 0.717) is 6.54 Å². The van der Waals surface area contributed by atoms with Crippen molar-refractivity contribution in [3.05, 3.63) is 35.9 Å². The highest BCUT2D eigenvalue weighted by molar-refractivity contribution is 5.73. The summed E-state index contributed by atoms with van der Waals surface area (Å²) in [5.41, 5.74) is 1.09. The van der Waals surface area contributed by atoms with E-state index in [9.17, 15) is 9.90 Å². The summed E-state index contributed by atoms with van der Waals surface area (Å²) in [4.78, 5) is 11.2. The molecule has 0 radical (unpaired) electrons. The Morgan fingerprint density at radius 1 is 1.39 bits per heavy atom. The van der Waals surface area contributed by atoms with E-state index in [0.717, 1.165) is 5.56 Å². The molecule has 0 aromatic heterocycles. The maximum absolute atomic E-state index is 11.2. The summed E-state index contributed by atoms with van der Waals surface area (Å²) >= 11 is 0. The fourth-order valence-corrected chi connectivity index (χ4v) is 2.06. The van der Waals surface area contributed by atoms with Crippen LogP contribution in [0, 0.1) is 0 Å². The fraction of sp³-hybridized carbons (Fsp3) is 0.462. The lowest BCUT2D eigenvalue weighted by atomic mass is 10.1. The standard InChI is InChI=1S/C13H17NO4/c15-8-11(16)13-10(6-12(17)18-13)14-7-9-4-2-1-3-5-9/h1-5,10-11,13-16H,6-8H2/t10-,11+,13-/m0/s1. The molecule has 2 rings (SSSR count). The number of hydrogen-bond acceptors (Lipinski definition) is 5. The monoisotopic (exact) mass is 251 g/mol. The number of benzene rings is 1. The van der Waals surface area contributed by atoms with Crippen molar-refractivity contribution in [1.29, 1.82) is 0 Å². The number of nitrogens with one attached hydrogen (secondary N) is 1. The first-order valence-electron chi connectivity index (χ1n) is 5.96. The third kappa shape index (κ3) is 3.07. The molecule has 0 unspecified atom stereocenters. The van der Waals surface area contributed by atoms with Crippen molar-refractivity contribution < 1.29 is 19.7 Å². The largest absolute Gasteiger partial charge is 0.458 e. The molecule has 98 valence electrons. The SMILES string of the molecule is O=C1C[C@H](NCc2ccccc2)[C@@H]([C@H](O)CO)O1. The molecule has 18 heavy (non-hydrogen) atoms. The number of aliphatic hydroxyl groups excluding tert-OH is 2. The van der Waals surface area contributed by atoms with Gasteiger partial charge in [0.05, 0.1) is 19.1 Å². The summed E-state index contributed by atoms with van der Waals surface area (Å²) in [6, 6.07) is 9.49. The van der Waals surface area contributed by atoms with Gasteiger partial charge in [-0.3, -0.25) is 4.79 Å². The van der Waals surface area contributed by atoms with E-state index in [4.69, 9.17) is 9.84 Å². The molecule has 1 aromatic rings. The van der Waals surface area contributed by atoms with Gasteiger partial charge in [0.1, 0.15) is 12.2 Å². The normalized spacial score (nSPS) is 24.9. The summed E-state index contributed by atoms with van der Waals surface area (Å²) in [5.74, 6) is -0.349. The topological polar surface area (TPSA) is 78.8 Å². The molecule has 0 amide bonds. The molecule has 1 fully saturated rings. The molecule has 1 heterocycles. The molecule has 3 N–H and O–H groups in total. The number of ether oxygens (including phenoxy) is 1. The van der Waals surface area contributed by atoms with Crippen molar-refractivity contribution in [2.45, 2.75) is 31.2 Å². The predicted molar refractivity (Wildman–Crippen MR) is 64.7 cm³/mol. The van der Waals surface area contributed by atoms with Gasteiger partial charge in [0.2, 0.25) is 0 Å². The van der Waals surface area contributed by atoms with Crippen molar-refractivity contribution in [3.8, 4) is 0 Å². The van der Waals surface area contributed by atoms with Gasteiger partial charge in [-0.2, -0.15) is 0 Å². The summed E-state index contributed by atoms with van der Waals surface area (Å²) in [7, 11) is 0. The van der Waals surface area contributed by atoms with Gasteiger partial charge in [-0.05, 0) is 5.56 Å². The molecule has 5 nitrogen and oxygen atoms in total. The molecule has 0 spiro atoms. The highest BCUT2D eigenvalue weighted by Crippen LogP contribution is 2.18. The molecule has 1 aliphatic rings. The molecule has 1 aliphatic heterocycles. The Morgan fingerprint density at radius 2 is 2.11 bits per heavy atom.